The second-order valence-electron chi connectivity index (χ2n) is 16.8. The molecule has 0 amide bonds. The summed E-state index contributed by atoms with van der Waals surface area (Å²) in [5, 5.41) is 0. The van der Waals surface area contributed by atoms with Gasteiger partial charge in [0.05, 0.1) is 11.1 Å². The number of fused-ring (bicyclic) bond motifs is 6. The summed E-state index contributed by atoms with van der Waals surface area (Å²) in [6.07, 6.45) is 6.75. The molecule has 0 bridgehead atoms. The third kappa shape index (κ3) is 5.60. The number of rotatable bonds is 9. The van der Waals surface area contributed by atoms with Crippen LogP contribution in [0.4, 0.5) is 17.1 Å². The van der Waals surface area contributed by atoms with Gasteiger partial charge in [0.1, 0.15) is 0 Å². The fourth-order valence-electron chi connectivity index (χ4n) is 11.0. The molecule has 10 rings (SSSR count). The molecule has 0 saturated heterocycles. The van der Waals surface area contributed by atoms with Crippen molar-refractivity contribution in [1.29, 1.82) is 0 Å². The van der Waals surface area contributed by atoms with Crippen LogP contribution < -0.4 is 4.90 Å². The zero-order chi connectivity index (χ0) is 41.0. The van der Waals surface area contributed by atoms with Crippen molar-refractivity contribution in [3.05, 3.63) is 243 Å². The fraction of sp³-hybridized carbons (Fsp3) is 0.153. The van der Waals surface area contributed by atoms with Crippen LogP contribution in [0.1, 0.15) is 87.9 Å². The van der Waals surface area contributed by atoms with E-state index in [4.69, 9.17) is 0 Å². The zero-order valence-corrected chi connectivity index (χ0v) is 35.3. The van der Waals surface area contributed by atoms with Crippen molar-refractivity contribution < 1.29 is 0 Å². The molecule has 0 N–H and O–H groups in total. The predicted molar refractivity (Wildman–Crippen MR) is 255 cm³/mol. The van der Waals surface area contributed by atoms with Gasteiger partial charge in [0.25, 0.3) is 0 Å². The van der Waals surface area contributed by atoms with E-state index in [1.807, 2.05) is 0 Å². The van der Waals surface area contributed by atoms with Crippen molar-refractivity contribution in [1.82, 2.24) is 0 Å². The Balaban J connectivity index is 1.08. The van der Waals surface area contributed by atoms with Gasteiger partial charge in [-0.3, -0.25) is 0 Å². The maximum Gasteiger partial charge on any atom is 0.0713 e. The molecular formula is C59H51N. The van der Waals surface area contributed by atoms with Crippen molar-refractivity contribution in [3.63, 3.8) is 0 Å². The smallest absolute Gasteiger partial charge is 0.0713 e. The summed E-state index contributed by atoms with van der Waals surface area (Å²) >= 11 is 0. The van der Waals surface area contributed by atoms with E-state index in [9.17, 15) is 0 Å². The van der Waals surface area contributed by atoms with Crippen LogP contribution in [0.2, 0.25) is 0 Å². The highest BCUT2D eigenvalue weighted by Gasteiger charge is 2.46. The highest BCUT2D eigenvalue weighted by molar-refractivity contribution is 5.94. The number of aryl methyl sites for hydroxylation is 3. The van der Waals surface area contributed by atoms with Crippen molar-refractivity contribution in [2.75, 3.05) is 4.90 Å². The summed E-state index contributed by atoms with van der Waals surface area (Å²) in [6.45, 7) is 11.4. The van der Waals surface area contributed by atoms with Gasteiger partial charge in [-0.15, -0.1) is 0 Å². The number of nitrogens with zero attached hydrogens (tertiary/aromatic N) is 1. The topological polar surface area (TPSA) is 3.24 Å². The molecule has 0 aliphatic heterocycles. The van der Waals surface area contributed by atoms with Crippen molar-refractivity contribution >= 4 is 29.2 Å². The maximum atomic E-state index is 2.51. The Labute approximate surface area is 356 Å². The van der Waals surface area contributed by atoms with Gasteiger partial charge in [0, 0.05) is 16.8 Å². The average molecular weight is 774 g/mol. The number of hydrogen-bond acceptors (Lipinski definition) is 1. The third-order valence-corrected chi connectivity index (χ3v) is 13.8. The van der Waals surface area contributed by atoms with Crippen molar-refractivity contribution in [3.8, 4) is 22.3 Å². The molecule has 60 heavy (non-hydrogen) atoms. The summed E-state index contributed by atoms with van der Waals surface area (Å²) in [5.41, 5.74) is 22.9. The molecule has 0 unspecified atom stereocenters. The Morgan fingerprint density at radius 1 is 0.450 bits per heavy atom. The molecule has 0 atom stereocenters. The van der Waals surface area contributed by atoms with Crippen LogP contribution in [0.3, 0.4) is 0 Å². The predicted octanol–water partition coefficient (Wildman–Crippen LogP) is 15.7. The fourth-order valence-corrected chi connectivity index (χ4v) is 11.0. The summed E-state index contributed by atoms with van der Waals surface area (Å²) in [6, 6.07) is 67.9. The lowest BCUT2D eigenvalue weighted by Gasteiger charge is -2.33. The Morgan fingerprint density at radius 2 is 1.02 bits per heavy atom. The number of para-hydroxylation sites is 2. The zero-order valence-electron chi connectivity index (χ0n) is 35.3. The lowest BCUT2D eigenvalue weighted by Crippen LogP contribution is -2.28. The second kappa shape index (κ2) is 14.8. The van der Waals surface area contributed by atoms with Crippen molar-refractivity contribution in [2.45, 2.75) is 58.3 Å². The minimum Gasteiger partial charge on any atom is -0.310 e. The van der Waals surface area contributed by atoms with Crippen LogP contribution >= 0.6 is 0 Å². The first-order valence-corrected chi connectivity index (χ1v) is 21.6. The summed E-state index contributed by atoms with van der Waals surface area (Å²) in [7, 11) is 0. The van der Waals surface area contributed by atoms with Crippen LogP contribution in [-0.4, -0.2) is 0 Å². The van der Waals surface area contributed by atoms with Gasteiger partial charge in [0.2, 0.25) is 0 Å². The van der Waals surface area contributed by atoms with Gasteiger partial charge >= 0.3 is 0 Å². The van der Waals surface area contributed by atoms with Crippen LogP contribution in [0.15, 0.2) is 182 Å². The van der Waals surface area contributed by atoms with Gasteiger partial charge < -0.3 is 4.90 Å². The minimum absolute atomic E-state index is 0.0966. The number of anilines is 3. The first-order valence-electron chi connectivity index (χ1n) is 21.6. The van der Waals surface area contributed by atoms with E-state index in [0.717, 1.165) is 12.8 Å². The van der Waals surface area contributed by atoms with Gasteiger partial charge in [0.15, 0.2) is 0 Å². The van der Waals surface area contributed by atoms with Gasteiger partial charge in [-0.1, -0.05) is 190 Å². The van der Waals surface area contributed by atoms with Gasteiger partial charge in [-0.25, -0.2) is 0 Å². The molecule has 0 fully saturated rings. The molecule has 0 radical (unpaired) electrons. The molecule has 0 saturated carbocycles. The normalized spacial score (nSPS) is 14.1. The molecule has 0 heterocycles. The third-order valence-electron chi connectivity index (χ3n) is 13.8. The molecule has 0 spiro atoms. The molecule has 1 heteroatoms. The van der Waals surface area contributed by atoms with Crippen LogP contribution in [-0.2, 0) is 10.8 Å². The molecule has 1 nitrogen and oxygen atoms in total. The minimum atomic E-state index is -0.412. The summed E-state index contributed by atoms with van der Waals surface area (Å²) in [4.78, 5) is 2.49. The highest BCUT2D eigenvalue weighted by atomic mass is 15.1. The molecular weight excluding hydrogens is 723 g/mol. The molecule has 8 aromatic carbocycles. The summed E-state index contributed by atoms with van der Waals surface area (Å²) < 4.78 is 0. The highest BCUT2D eigenvalue weighted by Crippen LogP contribution is 2.58. The number of hydrogen-bond donors (Lipinski definition) is 0. The van der Waals surface area contributed by atoms with E-state index in [0.29, 0.717) is 0 Å². The second-order valence-corrected chi connectivity index (χ2v) is 16.8. The molecule has 2 aliphatic carbocycles. The SMILES string of the molecule is CCC1(CC)c2cc(C=Cc3cccc4c3-c3ccccc3C4(c3ccccc3)c3ccccc3)ccc2-c2ccc(N(c3ccccc3C)c3c(C)cccc3C)cc21. The molecule has 8 aromatic rings. The van der Waals surface area contributed by atoms with E-state index in [-0.39, 0.29) is 5.41 Å². The quantitative estimate of drug-likeness (QED) is 0.132. The Kier molecular flexibility index (Phi) is 9.29. The molecule has 2 aliphatic rings. The Morgan fingerprint density at radius 3 is 1.70 bits per heavy atom. The maximum absolute atomic E-state index is 2.51. The van der Waals surface area contributed by atoms with E-state index < -0.39 is 5.41 Å². The van der Waals surface area contributed by atoms with Crippen molar-refractivity contribution in [2.24, 2.45) is 0 Å². The monoisotopic (exact) mass is 773 g/mol. The average Bonchev–Trinajstić information content (AvgIpc) is 3.75. The first kappa shape index (κ1) is 37.6. The Bertz CT molecular complexity index is 2870. The Hall–Kier alpha value is -6.70. The largest absolute Gasteiger partial charge is 0.310 e. The van der Waals surface area contributed by atoms with E-state index in [1.165, 1.54) is 101 Å². The lowest BCUT2D eigenvalue weighted by atomic mass is 9.67. The number of benzene rings is 8. The lowest BCUT2D eigenvalue weighted by molar-refractivity contribution is 0.490. The summed E-state index contributed by atoms with van der Waals surface area (Å²) in [5.74, 6) is 0. The molecule has 292 valence electrons. The molecule has 0 aromatic heterocycles. The van der Waals surface area contributed by atoms with Gasteiger partial charge in [-0.05, 0) is 135 Å². The van der Waals surface area contributed by atoms with Gasteiger partial charge in [-0.2, -0.15) is 0 Å². The standard InChI is InChI=1S/C59H51N/c1-6-58(7-2)53-38-43(33-36-48(53)49-37-35-47(39-54(49)58)60(55-31-17-14-20-40(55)3)57-41(4)21-18-22-42(57)5)32-34-44-23-19-30-52-56(44)50-28-15-16-29-51(50)59(52,45-24-10-8-11-25-45)46-26-12-9-13-27-46/h8-39H,6-7H2,1-5H3. The van der Waals surface area contributed by atoms with Crippen LogP contribution in [0.5, 0.6) is 0 Å². The van der Waals surface area contributed by atoms with Crippen LogP contribution in [0, 0.1) is 20.8 Å². The van der Waals surface area contributed by atoms with Crippen LogP contribution in [0.25, 0.3) is 34.4 Å². The van der Waals surface area contributed by atoms with E-state index in [2.05, 4.69) is 234 Å². The van der Waals surface area contributed by atoms with E-state index in [1.54, 1.807) is 0 Å². The first-order chi connectivity index (χ1) is 29.4. The van der Waals surface area contributed by atoms with E-state index >= 15 is 0 Å².